The number of ether oxygens (including phenoxy) is 1. The SMILES string of the molecule is C=C1c2cc(-c3ccc(OCCF)nc3)ccc2CCCN1Cc1ncccn1. The molecule has 0 fully saturated rings. The Morgan fingerprint density at radius 2 is 1.90 bits per heavy atom. The van der Waals surface area contributed by atoms with Gasteiger partial charge in [-0.25, -0.2) is 19.3 Å². The van der Waals surface area contributed by atoms with Crippen LogP contribution < -0.4 is 4.74 Å². The highest BCUT2D eigenvalue weighted by Gasteiger charge is 2.19. The molecule has 29 heavy (non-hydrogen) atoms. The van der Waals surface area contributed by atoms with Gasteiger partial charge in [0.05, 0.1) is 6.54 Å². The highest BCUT2D eigenvalue weighted by molar-refractivity contribution is 5.73. The molecule has 2 aromatic heterocycles. The van der Waals surface area contributed by atoms with Crippen LogP contribution in [0.15, 0.2) is 61.6 Å². The van der Waals surface area contributed by atoms with Crippen LogP contribution >= 0.6 is 0 Å². The molecule has 0 saturated heterocycles. The standard InChI is InChI=1S/C23H23FN4O/c1-17-21-14-19(20-7-8-23(27-15-20)29-13-9-24)6-5-18(21)4-2-12-28(17)16-22-25-10-3-11-26-22/h3,5-8,10-11,14-15H,1-2,4,9,12-13,16H2. The Morgan fingerprint density at radius 1 is 1.07 bits per heavy atom. The first-order chi connectivity index (χ1) is 14.2. The molecular weight excluding hydrogens is 367 g/mol. The number of halogens is 1. The molecule has 0 N–H and O–H groups in total. The van der Waals surface area contributed by atoms with Gasteiger partial charge < -0.3 is 9.64 Å². The van der Waals surface area contributed by atoms with Crippen LogP contribution in [0.5, 0.6) is 5.88 Å². The molecule has 148 valence electrons. The van der Waals surface area contributed by atoms with Crippen molar-refractivity contribution >= 4 is 5.70 Å². The summed E-state index contributed by atoms with van der Waals surface area (Å²) in [4.78, 5) is 15.2. The molecule has 3 heterocycles. The maximum Gasteiger partial charge on any atom is 0.213 e. The lowest BCUT2D eigenvalue weighted by molar-refractivity contribution is 0.264. The van der Waals surface area contributed by atoms with Crippen LogP contribution in [0.1, 0.15) is 23.4 Å². The van der Waals surface area contributed by atoms with E-state index in [0.29, 0.717) is 12.4 Å². The van der Waals surface area contributed by atoms with Crippen molar-refractivity contribution in [2.45, 2.75) is 19.4 Å². The van der Waals surface area contributed by atoms with E-state index in [2.05, 4.69) is 44.6 Å². The highest BCUT2D eigenvalue weighted by Crippen LogP contribution is 2.32. The van der Waals surface area contributed by atoms with Gasteiger partial charge in [-0.15, -0.1) is 0 Å². The molecule has 0 unspecified atom stereocenters. The molecule has 0 saturated carbocycles. The van der Waals surface area contributed by atoms with Crippen LogP contribution in [0.2, 0.25) is 0 Å². The van der Waals surface area contributed by atoms with Gasteiger partial charge in [0.15, 0.2) is 0 Å². The maximum atomic E-state index is 12.2. The Labute approximate surface area is 169 Å². The van der Waals surface area contributed by atoms with E-state index in [1.54, 1.807) is 24.7 Å². The second kappa shape index (κ2) is 8.82. The van der Waals surface area contributed by atoms with E-state index in [0.717, 1.165) is 47.6 Å². The zero-order chi connectivity index (χ0) is 20.1. The molecule has 0 radical (unpaired) electrons. The number of pyridine rings is 1. The maximum absolute atomic E-state index is 12.2. The average molecular weight is 390 g/mol. The number of hydrogen-bond acceptors (Lipinski definition) is 5. The Bertz CT molecular complexity index is 976. The average Bonchev–Trinajstić information content (AvgIpc) is 2.92. The molecule has 1 aromatic carbocycles. The minimum Gasteiger partial charge on any atom is -0.475 e. The lowest BCUT2D eigenvalue weighted by atomic mass is 9.97. The van der Waals surface area contributed by atoms with Gasteiger partial charge in [-0.3, -0.25) is 0 Å². The van der Waals surface area contributed by atoms with E-state index in [1.807, 2.05) is 12.1 Å². The van der Waals surface area contributed by atoms with Crippen LogP contribution in [0, 0.1) is 0 Å². The fraction of sp³-hybridized carbons (Fsp3) is 0.261. The smallest absolute Gasteiger partial charge is 0.213 e. The number of aromatic nitrogens is 3. The summed E-state index contributed by atoms with van der Waals surface area (Å²) in [5.41, 5.74) is 5.48. The van der Waals surface area contributed by atoms with Crippen LogP contribution in [0.3, 0.4) is 0 Å². The molecule has 5 nitrogen and oxygen atoms in total. The number of hydrogen-bond donors (Lipinski definition) is 0. The number of fused-ring (bicyclic) bond motifs is 1. The monoisotopic (exact) mass is 390 g/mol. The van der Waals surface area contributed by atoms with E-state index in [4.69, 9.17) is 4.74 Å². The van der Waals surface area contributed by atoms with E-state index in [-0.39, 0.29) is 6.61 Å². The molecule has 1 aliphatic rings. The molecule has 4 rings (SSSR count). The van der Waals surface area contributed by atoms with Gasteiger partial charge in [-0.05, 0) is 42.2 Å². The van der Waals surface area contributed by atoms with E-state index >= 15 is 0 Å². The lowest BCUT2D eigenvalue weighted by Gasteiger charge is -2.24. The predicted molar refractivity (Wildman–Crippen MR) is 111 cm³/mol. The third-order valence-corrected chi connectivity index (χ3v) is 5.02. The van der Waals surface area contributed by atoms with Crippen molar-refractivity contribution in [3.63, 3.8) is 0 Å². The zero-order valence-corrected chi connectivity index (χ0v) is 16.2. The number of alkyl halides is 1. The first kappa shape index (κ1) is 19.1. The molecular formula is C23H23FN4O. The van der Waals surface area contributed by atoms with Gasteiger partial charge in [0.2, 0.25) is 5.88 Å². The fourth-order valence-electron chi connectivity index (χ4n) is 3.54. The summed E-state index contributed by atoms with van der Waals surface area (Å²) in [6.45, 7) is 5.43. The summed E-state index contributed by atoms with van der Waals surface area (Å²) >= 11 is 0. The molecule has 0 bridgehead atoms. The normalized spacial score (nSPS) is 13.7. The largest absolute Gasteiger partial charge is 0.475 e. The van der Waals surface area contributed by atoms with Gasteiger partial charge in [0.25, 0.3) is 0 Å². The van der Waals surface area contributed by atoms with Crippen molar-refractivity contribution in [3.8, 4) is 17.0 Å². The number of rotatable bonds is 6. The zero-order valence-electron chi connectivity index (χ0n) is 16.2. The van der Waals surface area contributed by atoms with Crippen molar-refractivity contribution in [1.82, 2.24) is 19.9 Å². The minimum absolute atomic E-state index is 0.0198. The van der Waals surface area contributed by atoms with Gasteiger partial charge in [0, 0.05) is 48.0 Å². The Kier molecular flexibility index (Phi) is 5.79. The summed E-state index contributed by atoms with van der Waals surface area (Å²) in [5.74, 6) is 1.22. The molecule has 3 aromatic rings. The van der Waals surface area contributed by atoms with E-state index in [9.17, 15) is 4.39 Å². The molecule has 1 aliphatic heterocycles. The van der Waals surface area contributed by atoms with Gasteiger partial charge >= 0.3 is 0 Å². The molecule has 0 aliphatic carbocycles. The van der Waals surface area contributed by atoms with Crippen molar-refractivity contribution in [2.75, 3.05) is 19.8 Å². The fourth-order valence-corrected chi connectivity index (χ4v) is 3.54. The van der Waals surface area contributed by atoms with Crippen LogP contribution in [-0.2, 0) is 13.0 Å². The van der Waals surface area contributed by atoms with Gasteiger partial charge in [-0.2, -0.15) is 0 Å². The second-order valence-corrected chi connectivity index (χ2v) is 6.93. The van der Waals surface area contributed by atoms with Gasteiger partial charge in [-0.1, -0.05) is 18.7 Å². The second-order valence-electron chi connectivity index (χ2n) is 6.93. The Balaban J connectivity index is 1.58. The van der Waals surface area contributed by atoms with Crippen LogP contribution in [-0.4, -0.2) is 39.7 Å². The first-order valence-corrected chi connectivity index (χ1v) is 9.73. The number of benzene rings is 1. The number of aryl methyl sites for hydroxylation is 1. The summed E-state index contributed by atoms with van der Waals surface area (Å²) in [7, 11) is 0. The van der Waals surface area contributed by atoms with Crippen molar-refractivity contribution < 1.29 is 9.13 Å². The summed E-state index contributed by atoms with van der Waals surface area (Å²) in [6, 6.07) is 12.0. The summed E-state index contributed by atoms with van der Waals surface area (Å²) < 4.78 is 17.5. The minimum atomic E-state index is -0.527. The number of nitrogens with zero attached hydrogens (tertiary/aromatic N) is 4. The molecule has 0 spiro atoms. The summed E-state index contributed by atoms with van der Waals surface area (Å²) in [5, 5.41) is 0. The summed E-state index contributed by atoms with van der Waals surface area (Å²) in [6.07, 6.45) is 7.35. The molecule has 0 atom stereocenters. The first-order valence-electron chi connectivity index (χ1n) is 9.73. The van der Waals surface area contributed by atoms with Crippen molar-refractivity contribution in [3.05, 3.63) is 78.5 Å². The third-order valence-electron chi connectivity index (χ3n) is 5.02. The van der Waals surface area contributed by atoms with Crippen LogP contribution in [0.25, 0.3) is 16.8 Å². The molecule has 6 heteroatoms. The predicted octanol–water partition coefficient (Wildman–Crippen LogP) is 4.31. The topological polar surface area (TPSA) is 51.1 Å². The lowest BCUT2D eigenvalue weighted by Crippen LogP contribution is -2.22. The van der Waals surface area contributed by atoms with E-state index in [1.165, 1.54) is 5.56 Å². The highest BCUT2D eigenvalue weighted by atomic mass is 19.1. The van der Waals surface area contributed by atoms with Gasteiger partial charge in [0.1, 0.15) is 19.1 Å². The van der Waals surface area contributed by atoms with Crippen LogP contribution in [0.4, 0.5) is 4.39 Å². The Hall–Kier alpha value is -3.28. The van der Waals surface area contributed by atoms with Crippen molar-refractivity contribution in [1.29, 1.82) is 0 Å². The third kappa shape index (κ3) is 4.42. The quantitative estimate of drug-likeness (QED) is 0.628. The van der Waals surface area contributed by atoms with E-state index < -0.39 is 6.67 Å². The van der Waals surface area contributed by atoms with Crippen molar-refractivity contribution in [2.24, 2.45) is 0 Å². The Morgan fingerprint density at radius 3 is 2.66 bits per heavy atom. The molecule has 0 amide bonds.